The minimum atomic E-state index is -0.954. The molecule has 0 saturated carbocycles. The molecule has 16 heavy (non-hydrogen) atoms. The fourth-order valence-corrected chi connectivity index (χ4v) is 1.20. The van der Waals surface area contributed by atoms with Gasteiger partial charge in [-0.1, -0.05) is 13.8 Å². The van der Waals surface area contributed by atoms with Gasteiger partial charge >= 0.3 is 5.97 Å². The number of carbonyl (C=O) groups excluding carboxylic acids is 1. The molecule has 1 heterocycles. The summed E-state index contributed by atoms with van der Waals surface area (Å²) in [5.41, 5.74) is 0.223. The lowest BCUT2D eigenvalue weighted by Crippen LogP contribution is -2.27. The van der Waals surface area contributed by atoms with Crippen LogP contribution in [-0.2, 0) is 4.79 Å². The lowest BCUT2D eigenvalue weighted by molar-refractivity contribution is -0.136. The zero-order valence-electron chi connectivity index (χ0n) is 9.19. The van der Waals surface area contributed by atoms with Gasteiger partial charge in [-0.3, -0.25) is 9.59 Å². The maximum Gasteiger partial charge on any atom is 0.305 e. The first-order valence-electron chi connectivity index (χ1n) is 4.95. The van der Waals surface area contributed by atoms with Crippen molar-refractivity contribution < 1.29 is 19.1 Å². The molecule has 1 aromatic rings. The quantitative estimate of drug-likeness (QED) is 0.781. The highest BCUT2D eigenvalue weighted by molar-refractivity contribution is 5.93. The average Bonchev–Trinajstić information content (AvgIpc) is 2.65. The Bertz CT molecular complexity index is 384. The Balaban J connectivity index is 2.59. The number of hydrogen-bond donors (Lipinski definition) is 2. The molecule has 0 spiro atoms. The molecule has 0 bridgehead atoms. The van der Waals surface area contributed by atoms with Gasteiger partial charge in [0.25, 0.3) is 5.91 Å². The minimum Gasteiger partial charge on any atom is -0.481 e. The van der Waals surface area contributed by atoms with Crippen LogP contribution in [-0.4, -0.2) is 28.5 Å². The molecule has 1 aromatic heterocycles. The van der Waals surface area contributed by atoms with Crippen LogP contribution in [0.15, 0.2) is 10.8 Å². The standard InChI is InChI=1S/C10H14N2O4/c1-6(2)9-8(12-5-16-9)10(15)11-4-3-7(13)14/h5-6H,3-4H2,1-2H3,(H,11,15)(H,13,14). The Morgan fingerprint density at radius 2 is 2.25 bits per heavy atom. The van der Waals surface area contributed by atoms with E-state index in [1.54, 1.807) is 0 Å². The molecule has 0 radical (unpaired) electrons. The van der Waals surface area contributed by atoms with Crippen molar-refractivity contribution in [1.29, 1.82) is 0 Å². The molecular formula is C10H14N2O4. The molecule has 6 heteroatoms. The van der Waals surface area contributed by atoms with Gasteiger partial charge in [0, 0.05) is 12.5 Å². The summed E-state index contributed by atoms with van der Waals surface area (Å²) in [7, 11) is 0. The van der Waals surface area contributed by atoms with Crippen LogP contribution in [0.3, 0.4) is 0 Å². The number of carboxylic acid groups (broad SMARTS) is 1. The first-order chi connectivity index (χ1) is 7.52. The number of nitrogens with one attached hydrogen (secondary N) is 1. The highest BCUT2D eigenvalue weighted by Crippen LogP contribution is 2.17. The van der Waals surface area contributed by atoms with Crippen LogP contribution in [0.4, 0.5) is 0 Å². The summed E-state index contributed by atoms with van der Waals surface area (Å²) in [6.07, 6.45) is 1.10. The van der Waals surface area contributed by atoms with Gasteiger partial charge in [-0.25, -0.2) is 4.98 Å². The molecule has 0 aliphatic heterocycles. The lowest BCUT2D eigenvalue weighted by atomic mass is 10.1. The highest BCUT2D eigenvalue weighted by atomic mass is 16.4. The molecule has 0 aliphatic rings. The average molecular weight is 226 g/mol. The van der Waals surface area contributed by atoms with Crippen LogP contribution in [0.1, 0.15) is 42.4 Å². The van der Waals surface area contributed by atoms with Gasteiger partial charge in [-0.15, -0.1) is 0 Å². The van der Waals surface area contributed by atoms with Gasteiger partial charge in [-0.2, -0.15) is 0 Å². The number of rotatable bonds is 5. The monoisotopic (exact) mass is 226 g/mol. The molecule has 0 aromatic carbocycles. The fourth-order valence-electron chi connectivity index (χ4n) is 1.20. The van der Waals surface area contributed by atoms with Gasteiger partial charge in [-0.05, 0) is 0 Å². The third-order valence-electron chi connectivity index (χ3n) is 1.96. The molecule has 1 rings (SSSR count). The Morgan fingerprint density at radius 3 is 2.81 bits per heavy atom. The Morgan fingerprint density at radius 1 is 1.56 bits per heavy atom. The number of oxazole rings is 1. The van der Waals surface area contributed by atoms with E-state index in [0.717, 1.165) is 0 Å². The molecule has 0 aliphatic carbocycles. The van der Waals surface area contributed by atoms with Crippen molar-refractivity contribution in [3.8, 4) is 0 Å². The summed E-state index contributed by atoms with van der Waals surface area (Å²) in [6, 6.07) is 0. The molecule has 1 amide bonds. The summed E-state index contributed by atoms with van der Waals surface area (Å²) in [4.78, 5) is 25.7. The molecule has 88 valence electrons. The third-order valence-corrected chi connectivity index (χ3v) is 1.96. The van der Waals surface area contributed by atoms with Crippen LogP contribution in [0.25, 0.3) is 0 Å². The minimum absolute atomic E-state index is 0.0581. The summed E-state index contributed by atoms with van der Waals surface area (Å²) < 4.78 is 5.09. The zero-order valence-corrected chi connectivity index (χ0v) is 9.19. The molecule has 0 saturated heterocycles. The predicted molar refractivity (Wildman–Crippen MR) is 55.2 cm³/mol. The first kappa shape index (κ1) is 12.2. The van der Waals surface area contributed by atoms with E-state index in [2.05, 4.69) is 10.3 Å². The second-order valence-electron chi connectivity index (χ2n) is 3.62. The van der Waals surface area contributed by atoms with Crippen molar-refractivity contribution in [2.24, 2.45) is 0 Å². The maximum atomic E-state index is 11.6. The van der Waals surface area contributed by atoms with Gasteiger partial charge < -0.3 is 14.8 Å². The Hall–Kier alpha value is -1.85. The van der Waals surface area contributed by atoms with E-state index in [1.807, 2.05) is 13.8 Å². The van der Waals surface area contributed by atoms with Crippen LogP contribution >= 0.6 is 0 Å². The first-order valence-corrected chi connectivity index (χ1v) is 4.95. The number of aliphatic carboxylic acids is 1. The van der Waals surface area contributed by atoms with Crippen LogP contribution < -0.4 is 5.32 Å². The number of hydrogen-bond acceptors (Lipinski definition) is 4. The smallest absolute Gasteiger partial charge is 0.305 e. The van der Waals surface area contributed by atoms with E-state index in [1.165, 1.54) is 6.39 Å². The van der Waals surface area contributed by atoms with Crippen molar-refractivity contribution >= 4 is 11.9 Å². The molecule has 6 nitrogen and oxygen atoms in total. The van der Waals surface area contributed by atoms with Gasteiger partial charge in [0.05, 0.1) is 6.42 Å². The third kappa shape index (κ3) is 3.08. The summed E-state index contributed by atoms with van der Waals surface area (Å²) >= 11 is 0. The lowest BCUT2D eigenvalue weighted by Gasteiger charge is -2.04. The van der Waals surface area contributed by atoms with E-state index >= 15 is 0 Å². The van der Waals surface area contributed by atoms with Crippen molar-refractivity contribution in [2.45, 2.75) is 26.2 Å². The van der Waals surface area contributed by atoms with Gasteiger partial charge in [0.2, 0.25) is 0 Å². The number of aromatic nitrogens is 1. The van der Waals surface area contributed by atoms with Gasteiger partial charge in [0.1, 0.15) is 5.76 Å². The summed E-state index contributed by atoms with van der Waals surface area (Å²) in [5.74, 6) is -0.793. The SMILES string of the molecule is CC(C)c1ocnc1C(=O)NCCC(=O)O. The molecule has 0 atom stereocenters. The Kier molecular flexibility index (Phi) is 4.04. The number of nitrogens with zero attached hydrogens (tertiary/aromatic N) is 1. The molecule has 2 N–H and O–H groups in total. The predicted octanol–water partition coefficient (Wildman–Crippen LogP) is 1.00. The van der Waals surface area contributed by atoms with Crippen LogP contribution in [0.5, 0.6) is 0 Å². The second kappa shape index (κ2) is 5.29. The van der Waals surface area contributed by atoms with Crippen LogP contribution in [0, 0.1) is 0 Å². The molecule has 0 fully saturated rings. The second-order valence-corrected chi connectivity index (χ2v) is 3.62. The van der Waals surface area contributed by atoms with E-state index in [0.29, 0.717) is 5.76 Å². The van der Waals surface area contributed by atoms with Crippen molar-refractivity contribution in [2.75, 3.05) is 6.54 Å². The van der Waals surface area contributed by atoms with Crippen molar-refractivity contribution in [1.82, 2.24) is 10.3 Å². The largest absolute Gasteiger partial charge is 0.481 e. The van der Waals surface area contributed by atoms with E-state index in [9.17, 15) is 9.59 Å². The normalized spacial score (nSPS) is 10.4. The number of amides is 1. The van der Waals surface area contributed by atoms with Gasteiger partial charge in [0.15, 0.2) is 12.1 Å². The molecular weight excluding hydrogens is 212 g/mol. The van der Waals surface area contributed by atoms with E-state index < -0.39 is 11.9 Å². The molecule has 0 unspecified atom stereocenters. The number of carbonyl (C=O) groups is 2. The summed E-state index contributed by atoms with van der Waals surface area (Å²) in [5, 5.41) is 10.9. The summed E-state index contributed by atoms with van der Waals surface area (Å²) in [6.45, 7) is 3.85. The van der Waals surface area contributed by atoms with E-state index in [4.69, 9.17) is 9.52 Å². The van der Waals surface area contributed by atoms with Crippen LogP contribution in [0.2, 0.25) is 0 Å². The topological polar surface area (TPSA) is 92.4 Å². The number of carboxylic acids is 1. The van der Waals surface area contributed by atoms with Crippen molar-refractivity contribution in [3.05, 3.63) is 17.8 Å². The Labute approximate surface area is 92.7 Å². The fraction of sp³-hybridized carbons (Fsp3) is 0.500. The van der Waals surface area contributed by atoms with Crippen molar-refractivity contribution in [3.63, 3.8) is 0 Å². The highest BCUT2D eigenvalue weighted by Gasteiger charge is 2.18. The maximum absolute atomic E-state index is 11.6. The van der Waals surface area contributed by atoms with E-state index in [-0.39, 0.29) is 24.6 Å². The zero-order chi connectivity index (χ0) is 12.1.